The molecule has 1 aliphatic heterocycles. The average molecular weight is 142 g/mol. The van der Waals surface area contributed by atoms with Crippen molar-refractivity contribution in [1.82, 2.24) is 0 Å². The molecule has 0 bridgehead atoms. The molecule has 1 atom stereocenters. The molecule has 3 nitrogen and oxygen atoms in total. The fourth-order valence-corrected chi connectivity index (χ4v) is 1.32. The van der Waals surface area contributed by atoms with Crippen molar-refractivity contribution in [2.24, 2.45) is 11.7 Å². The van der Waals surface area contributed by atoms with Crippen LogP contribution >= 0.6 is 0 Å². The zero-order chi connectivity index (χ0) is 7.78. The summed E-state index contributed by atoms with van der Waals surface area (Å²) in [4.78, 5) is 0. The van der Waals surface area contributed by atoms with Crippen molar-refractivity contribution in [3.05, 3.63) is 5.21 Å². The third-order valence-electron chi connectivity index (χ3n) is 2.01. The molecule has 0 fully saturated rings. The normalized spacial score (nSPS) is 30.3. The lowest BCUT2D eigenvalue weighted by atomic mass is 9.96. The minimum absolute atomic E-state index is 0.232. The lowest BCUT2D eigenvalue weighted by Crippen LogP contribution is -2.28. The second-order valence-corrected chi connectivity index (χ2v) is 3.49. The van der Waals surface area contributed by atoms with Gasteiger partial charge in [0.15, 0.2) is 11.8 Å². The Hall–Kier alpha value is -0.570. The number of hydrogen-bond acceptors (Lipinski definition) is 2. The molecule has 1 unspecified atom stereocenters. The van der Waals surface area contributed by atoms with E-state index in [-0.39, 0.29) is 11.5 Å². The van der Waals surface area contributed by atoms with Crippen LogP contribution in [0.5, 0.6) is 0 Å². The van der Waals surface area contributed by atoms with E-state index in [1.165, 1.54) is 0 Å². The van der Waals surface area contributed by atoms with Gasteiger partial charge in [-0.15, -0.1) is 0 Å². The first kappa shape index (κ1) is 7.54. The molecule has 58 valence electrons. The maximum atomic E-state index is 11.1. The van der Waals surface area contributed by atoms with Crippen LogP contribution < -0.4 is 5.73 Å². The highest BCUT2D eigenvalue weighted by Crippen LogP contribution is 2.23. The lowest BCUT2D eigenvalue weighted by Gasteiger charge is -2.17. The molecule has 3 heteroatoms. The smallest absolute Gasteiger partial charge is 0.167 e. The van der Waals surface area contributed by atoms with Gasteiger partial charge in [0.2, 0.25) is 0 Å². The van der Waals surface area contributed by atoms with E-state index in [1.807, 2.05) is 13.8 Å². The average Bonchev–Trinajstić information content (AvgIpc) is 2.08. The van der Waals surface area contributed by atoms with Crippen LogP contribution in [-0.4, -0.2) is 23.0 Å². The van der Waals surface area contributed by atoms with Crippen LogP contribution in [0, 0.1) is 11.1 Å². The first-order chi connectivity index (χ1) is 4.56. The molecule has 0 spiro atoms. The lowest BCUT2D eigenvalue weighted by molar-refractivity contribution is -0.527. The topological polar surface area (TPSA) is 52.1 Å². The number of hydroxylamine groups is 1. The summed E-state index contributed by atoms with van der Waals surface area (Å²) in [6, 6.07) is 0. The summed E-state index contributed by atoms with van der Waals surface area (Å²) in [5.74, 6) is 0.285. The van der Waals surface area contributed by atoms with Gasteiger partial charge in [-0.25, -0.2) is 4.74 Å². The van der Waals surface area contributed by atoms with Crippen molar-refractivity contribution in [2.75, 3.05) is 6.54 Å². The van der Waals surface area contributed by atoms with E-state index < -0.39 is 0 Å². The van der Waals surface area contributed by atoms with Crippen molar-refractivity contribution >= 4 is 6.21 Å². The summed E-state index contributed by atoms with van der Waals surface area (Å²) in [5, 5.41) is 11.1. The summed E-state index contributed by atoms with van der Waals surface area (Å²) < 4.78 is 1.02. The highest BCUT2D eigenvalue weighted by molar-refractivity contribution is 5.57. The van der Waals surface area contributed by atoms with E-state index in [0.717, 1.165) is 11.2 Å². The van der Waals surface area contributed by atoms with Crippen molar-refractivity contribution in [2.45, 2.75) is 25.8 Å². The maximum absolute atomic E-state index is 11.1. The Kier molecular flexibility index (Phi) is 1.68. The summed E-state index contributed by atoms with van der Waals surface area (Å²) in [6.45, 7) is 4.46. The molecule has 0 aromatic rings. The SMILES string of the molecule is CC1(C)CC(CN)C=[N+]1[O-]. The van der Waals surface area contributed by atoms with E-state index in [1.54, 1.807) is 6.21 Å². The molecule has 0 aliphatic carbocycles. The van der Waals surface area contributed by atoms with E-state index in [4.69, 9.17) is 5.73 Å². The largest absolute Gasteiger partial charge is 0.624 e. The predicted molar refractivity (Wildman–Crippen MR) is 40.9 cm³/mol. The number of hydrogen-bond donors (Lipinski definition) is 1. The van der Waals surface area contributed by atoms with Gasteiger partial charge in [0, 0.05) is 26.8 Å². The summed E-state index contributed by atoms with van der Waals surface area (Å²) >= 11 is 0. The van der Waals surface area contributed by atoms with Gasteiger partial charge in [0.1, 0.15) is 0 Å². The second-order valence-electron chi connectivity index (χ2n) is 3.49. The molecule has 1 rings (SSSR count). The van der Waals surface area contributed by atoms with E-state index in [0.29, 0.717) is 6.54 Å². The van der Waals surface area contributed by atoms with Crippen LogP contribution in [0.3, 0.4) is 0 Å². The Morgan fingerprint density at radius 1 is 1.80 bits per heavy atom. The molecule has 2 N–H and O–H groups in total. The second kappa shape index (κ2) is 2.23. The first-order valence-electron chi connectivity index (χ1n) is 3.58. The minimum Gasteiger partial charge on any atom is -0.624 e. The predicted octanol–water partition coefficient (Wildman–Crippen LogP) is 0.325. The molecule has 1 aliphatic rings. The molecule has 1 heterocycles. The fraction of sp³-hybridized carbons (Fsp3) is 0.857. The van der Waals surface area contributed by atoms with Gasteiger partial charge in [-0.2, -0.15) is 0 Å². The third kappa shape index (κ3) is 1.14. The highest BCUT2D eigenvalue weighted by Gasteiger charge is 2.36. The van der Waals surface area contributed by atoms with Gasteiger partial charge in [0.25, 0.3) is 0 Å². The van der Waals surface area contributed by atoms with Crippen LogP contribution in [0.4, 0.5) is 0 Å². The van der Waals surface area contributed by atoms with Gasteiger partial charge in [0.05, 0.1) is 5.92 Å². The van der Waals surface area contributed by atoms with Crippen molar-refractivity contribution < 1.29 is 4.74 Å². The van der Waals surface area contributed by atoms with Crippen LogP contribution in [0.1, 0.15) is 20.3 Å². The molecule has 0 radical (unpaired) electrons. The van der Waals surface area contributed by atoms with E-state index >= 15 is 0 Å². The Morgan fingerprint density at radius 3 is 2.60 bits per heavy atom. The fourth-order valence-electron chi connectivity index (χ4n) is 1.32. The van der Waals surface area contributed by atoms with Gasteiger partial charge in [-0.1, -0.05) is 0 Å². The summed E-state index contributed by atoms with van der Waals surface area (Å²) in [6.07, 6.45) is 2.56. The number of nitrogens with zero attached hydrogens (tertiary/aromatic N) is 1. The van der Waals surface area contributed by atoms with Crippen LogP contribution in [-0.2, 0) is 0 Å². The highest BCUT2D eigenvalue weighted by atomic mass is 16.5. The Morgan fingerprint density at radius 2 is 2.40 bits per heavy atom. The Labute approximate surface area is 61.1 Å². The third-order valence-corrected chi connectivity index (χ3v) is 2.01. The quantitative estimate of drug-likeness (QED) is 0.423. The molecule has 0 aromatic carbocycles. The minimum atomic E-state index is -0.232. The van der Waals surface area contributed by atoms with Gasteiger partial charge in [-0.3, -0.25) is 0 Å². The molecular weight excluding hydrogens is 128 g/mol. The number of nitrogens with two attached hydrogens (primary N) is 1. The first-order valence-corrected chi connectivity index (χ1v) is 3.58. The standard InChI is InChI=1S/C7H14N2O/c1-7(2)3-6(4-8)5-9(7)10/h5-6H,3-4,8H2,1-2H3. The maximum Gasteiger partial charge on any atom is 0.167 e. The van der Waals surface area contributed by atoms with Gasteiger partial charge >= 0.3 is 0 Å². The summed E-state index contributed by atoms with van der Waals surface area (Å²) in [7, 11) is 0. The zero-order valence-corrected chi connectivity index (χ0v) is 6.50. The van der Waals surface area contributed by atoms with Crippen LogP contribution in [0.2, 0.25) is 0 Å². The monoisotopic (exact) mass is 142 g/mol. The molecule has 0 aromatic heterocycles. The van der Waals surface area contributed by atoms with Gasteiger partial charge in [-0.05, 0) is 0 Å². The molecular formula is C7H14N2O. The van der Waals surface area contributed by atoms with Gasteiger partial charge < -0.3 is 10.9 Å². The van der Waals surface area contributed by atoms with E-state index in [9.17, 15) is 5.21 Å². The molecule has 10 heavy (non-hydrogen) atoms. The number of rotatable bonds is 1. The summed E-state index contributed by atoms with van der Waals surface area (Å²) in [5.41, 5.74) is 5.19. The molecule has 0 amide bonds. The van der Waals surface area contributed by atoms with Crippen molar-refractivity contribution in [3.8, 4) is 0 Å². The Balaban J connectivity index is 2.68. The van der Waals surface area contributed by atoms with Crippen LogP contribution in [0.25, 0.3) is 0 Å². The molecule has 0 saturated carbocycles. The molecule has 0 saturated heterocycles. The van der Waals surface area contributed by atoms with Crippen LogP contribution in [0.15, 0.2) is 0 Å². The van der Waals surface area contributed by atoms with E-state index in [2.05, 4.69) is 0 Å². The zero-order valence-electron chi connectivity index (χ0n) is 6.50. The van der Waals surface area contributed by atoms with Crippen molar-refractivity contribution in [1.29, 1.82) is 0 Å². The van der Waals surface area contributed by atoms with Crippen molar-refractivity contribution in [3.63, 3.8) is 0 Å². The Bertz CT molecular complexity index is 163.